The average molecular weight is 273 g/mol. The molecule has 1 aliphatic rings. The third-order valence-corrected chi connectivity index (χ3v) is 5.17. The molecule has 1 aliphatic heterocycles. The lowest BCUT2D eigenvalue weighted by atomic mass is 10.0. The summed E-state index contributed by atoms with van der Waals surface area (Å²) in [6, 6.07) is 0. The molecular formula is C15H28S2. The summed E-state index contributed by atoms with van der Waals surface area (Å²) in [5.41, 5.74) is 0. The second-order valence-corrected chi connectivity index (χ2v) is 7.04. The Morgan fingerprint density at radius 2 is 2.24 bits per heavy atom. The van der Waals surface area contributed by atoms with Crippen LogP contribution in [0.1, 0.15) is 58.3 Å². The van der Waals surface area contributed by atoms with Crippen LogP contribution < -0.4 is 0 Å². The molecule has 0 spiro atoms. The maximum atomic E-state index is 4.61. The summed E-state index contributed by atoms with van der Waals surface area (Å²) >= 11 is 6.74. The molecule has 2 atom stereocenters. The van der Waals surface area contributed by atoms with Crippen molar-refractivity contribution in [2.45, 2.75) is 63.5 Å². The van der Waals surface area contributed by atoms with Crippen molar-refractivity contribution < 1.29 is 0 Å². The maximum absolute atomic E-state index is 4.61. The molecule has 0 aliphatic carbocycles. The van der Waals surface area contributed by atoms with E-state index in [0.717, 1.165) is 12.3 Å². The minimum atomic E-state index is 0.581. The first-order chi connectivity index (χ1) is 8.33. The molecule has 2 heteroatoms. The number of unbranched alkanes of at least 4 members (excludes halogenated alkanes) is 2. The smallest absolute Gasteiger partial charge is 0.00513 e. The van der Waals surface area contributed by atoms with Crippen LogP contribution in [0, 0.1) is 5.92 Å². The monoisotopic (exact) mass is 272 g/mol. The van der Waals surface area contributed by atoms with Gasteiger partial charge in [-0.2, -0.15) is 24.4 Å². The van der Waals surface area contributed by atoms with E-state index in [1.54, 1.807) is 0 Å². The molecule has 0 N–H and O–H groups in total. The van der Waals surface area contributed by atoms with Crippen molar-refractivity contribution in [2.24, 2.45) is 5.92 Å². The molecule has 1 heterocycles. The fraction of sp³-hybridized carbons (Fsp3) is 0.867. The summed E-state index contributed by atoms with van der Waals surface area (Å²) in [4.78, 5) is 0. The normalized spacial score (nSPS) is 22.4. The molecule has 1 rings (SSSR count). The molecule has 0 saturated carbocycles. The van der Waals surface area contributed by atoms with Gasteiger partial charge in [-0.15, -0.1) is 0 Å². The van der Waals surface area contributed by atoms with Gasteiger partial charge in [0.25, 0.3) is 0 Å². The summed E-state index contributed by atoms with van der Waals surface area (Å²) in [6.07, 6.45) is 15.3. The molecule has 1 saturated heterocycles. The van der Waals surface area contributed by atoms with Crippen molar-refractivity contribution in [3.8, 4) is 0 Å². The SMILES string of the molecule is CCCCC(S)C/C=C/CCCC1CCSC1. The summed E-state index contributed by atoms with van der Waals surface area (Å²) in [6.45, 7) is 2.25. The summed E-state index contributed by atoms with van der Waals surface area (Å²) in [7, 11) is 0. The minimum absolute atomic E-state index is 0.581. The van der Waals surface area contributed by atoms with Gasteiger partial charge in [-0.3, -0.25) is 0 Å². The highest BCUT2D eigenvalue weighted by molar-refractivity contribution is 7.99. The fourth-order valence-corrected chi connectivity index (χ4v) is 3.90. The molecule has 0 radical (unpaired) electrons. The van der Waals surface area contributed by atoms with Gasteiger partial charge < -0.3 is 0 Å². The van der Waals surface area contributed by atoms with E-state index in [4.69, 9.17) is 0 Å². The summed E-state index contributed by atoms with van der Waals surface area (Å²) in [5, 5.41) is 0.581. The third-order valence-electron chi connectivity index (χ3n) is 3.47. The minimum Gasteiger partial charge on any atom is -0.176 e. The van der Waals surface area contributed by atoms with Crippen LogP contribution in [0.3, 0.4) is 0 Å². The van der Waals surface area contributed by atoms with Crippen molar-refractivity contribution in [1.82, 2.24) is 0 Å². The van der Waals surface area contributed by atoms with Gasteiger partial charge in [0.1, 0.15) is 0 Å². The van der Waals surface area contributed by atoms with Crippen LogP contribution in [0.2, 0.25) is 0 Å². The topological polar surface area (TPSA) is 0 Å². The Kier molecular flexibility index (Phi) is 9.45. The first-order valence-corrected chi connectivity index (χ1v) is 8.90. The van der Waals surface area contributed by atoms with E-state index < -0.39 is 0 Å². The molecule has 0 aromatic rings. The summed E-state index contributed by atoms with van der Waals surface area (Å²) in [5.74, 6) is 3.84. The molecular weight excluding hydrogens is 244 g/mol. The zero-order valence-electron chi connectivity index (χ0n) is 11.2. The Balaban J connectivity index is 1.90. The predicted octanol–water partition coefficient (Wildman–Crippen LogP) is 5.34. The average Bonchev–Trinajstić information content (AvgIpc) is 2.84. The van der Waals surface area contributed by atoms with Gasteiger partial charge in [0.05, 0.1) is 0 Å². The number of thiol groups is 1. The van der Waals surface area contributed by atoms with Crippen LogP contribution in [0.15, 0.2) is 12.2 Å². The quantitative estimate of drug-likeness (QED) is 0.335. The van der Waals surface area contributed by atoms with Gasteiger partial charge in [-0.1, -0.05) is 31.9 Å². The highest BCUT2D eigenvalue weighted by atomic mass is 32.2. The Bertz CT molecular complexity index is 195. The number of hydrogen-bond acceptors (Lipinski definition) is 2. The molecule has 1 fully saturated rings. The van der Waals surface area contributed by atoms with E-state index in [9.17, 15) is 0 Å². The van der Waals surface area contributed by atoms with Crippen molar-refractivity contribution in [2.75, 3.05) is 11.5 Å². The lowest BCUT2D eigenvalue weighted by molar-refractivity contribution is 0.525. The largest absolute Gasteiger partial charge is 0.176 e. The molecule has 0 bridgehead atoms. The van der Waals surface area contributed by atoms with Crippen LogP contribution in [0.4, 0.5) is 0 Å². The fourth-order valence-electron chi connectivity index (χ4n) is 2.26. The first kappa shape index (κ1) is 15.5. The first-order valence-electron chi connectivity index (χ1n) is 7.23. The van der Waals surface area contributed by atoms with Gasteiger partial charge in [-0.05, 0) is 55.9 Å². The molecule has 0 nitrogen and oxygen atoms in total. The second-order valence-electron chi connectivity index (χ2n) is 5.16. The van der Waals surface area contributed by atoms with E-state index in [-0.39, 0.29) is 0 Å². The molecule has 0 aromatic carbocycles. The Hall–Kier alpha value is 0.440. The highest BCUT2D eigenvalue weighted by Crippen LogP contribution is 2.27. The van der Waals surface area contributed by atoms with Gasteiger partial charge >= 0.3 is 0 Å². The van der Waals surface area contributed by atoms with E-state index in [0.29, 0.717) is 5.25 Å². The van der Waals surface area contributed by atoms with Crippen LogP contribution in [-0.4, -0.2) is 16.8 Å². The molecule has 100 valence electrons. The second kappa shape index (κ2) is 10.4. The zero-order chi connectivity index (χ0) is 12.3. The van der Waals surface area contributed by atoms with E-state index >= 15 is 0 Å². The van der Waals surface area contributed by atoms with Gasteiger partial charge in [0.2, 0.25) is 0 Å². The highest BCUT2D eigenvalue weighted by Gasteiger charge is 2.13. The van der Waals surface area contributed by atoms with Crippen LogP contribution in [-0.2, 0) is 0 Å². The van der Waals surface area contributed by atoms with Crippen molar-refractivity contribution in [1.29, 1.82) is 0 Å². The zero-order valence-corrected chi connectivity index (χ0v) is 12.9. The maximum Gasteiger partial charge on any atom is 0.00513 e. The van der Waals surface area contributed by atoms with Crippen molar-refractivity contribution >= 4 is 24.4 Å². The summed E-state index contributed by atoms with van der Waals surface area (Å²) < 4.78 is 0. The van der Waals surface area contributed by atoms with E-state index in [1.807, 2.05) is 0 Å². The number of rotatable bonds is 9. The van der Waals surface area contributed by atoms with Crippen LogP contribution in [0.25, 0.3) is 0 Å². The van der Waals surface area contributed by atoms with Crippen LogP contribution in [0.5, 0.6) is 0 Å². The lowest BCUT2D eigenvalue weighted by Crippen LogP contribution is -1.97. The Labute approximate surface area is 117 Å². The van der Waals surface area contributed by atoms with Gasteiger partial charge in [-0.25, -0.2) is 0 Å². The lowest BCUT2D eigenvalue weighted by Gasteiger charge is -2.07. The number of thioether (sulfide) groups is 1. The van der Waals surface area contributed by atoms with Crippen LogP contribution >= 0.6 is 24.4 Å². The van der Waals surface area contributed by atoms with Gasteiger partial charge in [0.15, 0.2) is 0 Å². The third kappa shape index (κ3) is 8.20. The standard InChI is InChI=1S/C15H28S2/c1-2-3-9-15(16)10-7-5-4-6-8-14-11-12-17-13-14/h5,7,14-16H,2-4,6,8-13H2,1H3/b7-5+. The Morgan fingerprint density at radius 1 is 1.35 bits per heavy atom. The van der Waals surface area contributed by atoms with Crippen molar-refractivity contribution in [3.63, 3.8) is 0 Å². The number of hydrogen-bond donors (Lipinski definition) is 1. The number of allylic oxidation sites excluding steroid dienone is 2. The Morgan fingerprint density at radius 3 is 2.94 bits per heavy atom. The molecule has 0 aromatic heterocycles. The van der Waals surface area contributed by atoms with E-state index in [1.165, 1.54) is 56.5 Å². The molecule has 17 heavy (non-hydrogen) atoms. The molecule has 2 unspecified atom stereocenters. The van der Waals surface area contributed by atoms with Gasteiger partial charge in [0, 0.05) is 5.25 Å². The van der Waals surface area contributed by atoms with E-state index in [2.05, 4.69) is 43.5 Å². The van der Waals surface area contributed by atoms with Crippen molar-refractivity contribution in [3.05, 3.63) is 12.2 Å². The molecule has 0 amide bonds. The predicted molar refractivity (Wildman–Crippen MR) is 85.3 cm³/mol.